The van der Waals surface area contributed by atoms with Crippen LogP contribution >= 0.6 is 34.5 Å². The van der Waals surface area contributed by atoms with Gasteiger partial charge in [-0.3, -0.25) is 4.79 Å². The van der Waals surface area contributed by atoms with Crippen molar-refractivity contribution in [2.45, 2.75) is 0 Å². The largest absolute Gasteiger partial charge is 0.378 e. The van der Waals surface area contributed by atoms with Crippen molar-refractivity contribution < 1.29 is 9.53 Å². The lowest BCUT2D eigenvalue weighted by Crippen LogP contribution is -2.40. The molecule has 0 atom stereocenters. The molecule has 1 aliphatic heterocycles. The van der Waals surface area contributed by atoms with E-state index in [4.69, 9.17) is 27.9 Å². The van der Waals surface area contributed by atoms with Crippen LogP contribution in [-0.4, -0.2) is 37.1 Å². The fourth-order valence-electron chi connectivity index (χ4n) is 1.37. The van der Waals surface area contributed by atoms with Gasteiger partial charge in [0.1, 0.15) is 4.34 Å². The molecule has 0 N–H and O–H groups in total. The number of hydrogen-bond acceptors (Lipinski definition) is 3. The van der Waals surface area contributed by atoms with Crippen molar-refractivity contribution in [3.8, 4) is 0 Å². The first-order valence-electron chi connectivity index (χ1n) is 4.50. The third-order valence-corrected chi connectivity index (χ3v) is 4.01. The SMILES string of the molecule is O=C(c1cc(Cl)c(Cl)s1)N1CCOCC1. The van der Waals surface area contributed by atoms with Crippen molar-refractivity contribution in [1.82, 2.24) is 4.90 Å². The highest BCUT2D eigenvalue weighted by atomic mass is 35.5. The fourth-order valence-corrected chi connectivity index (χ4v) is 2.71. The zero-order valence-corrected chi connectivity index (χ0v) is 10.2. The lowest BCUT2D eigenvalue weighted by Gasteiger charge is -2.26. The molecule has 3 nitrogen and oxygen atoms in total. The lowest BCUT2D eigenvalue weighted by atomic mass is 10.3. The quantitative estimate of drug-likeness (QED) is 0.781. The van der Waals surface area contributed by atoms with Crippen LogP contribution in [0.4, 0.5) is 0 Å². The Bertz CT molecular complexity index is 355. The number of amides is 1. The highest BCUT2D eigenvalue weighted by Gasteiger charge is 2.21. The highest BCUT2D eigenvalue weighted by molar-refractivity contribution is 7.18. The van der Waals surface area contributed by atoms with Gasteiger partial charge in [0.15, 0.2) is 0 Å². The second-order valence-corrected chi connectivity index (χ2v) is 5.20. The predicted molar refractivity (Wildman–Crippen MR) is 61.1 cm³/mol. The Kier molecular flexibility index (Phi) is 3.51. The Morgan fingerprint density at radius 1 is 1.40 bits per heavy atom. The van der Waals surface area contributed by atoms with Crippen LogP contribution in [0.15, 0.2) is 6.07 Å². The summed E-state index contributed by atoms with van der Waals surface area (Å²) in [6.07, 6.45) is 0. The van der Waals surface area contributed by atoms with Crippen molar-refractivity contribution in [2.24, 2.45) is 0 Å². The molecule has 2 rings (SSSR count). The number of rotatable bonds is 1. The fraction of sp³-hybridized carbons (Fsp3) is 0.444. The number of halogens is 2. The maximum absolute atomic E-state index is 11.9. The van der Waals surface area contributed by atoms with Crippen LogP contribution in [-0.2, 0) is 4.74 Å². The second kappa shape index (κ2) is 4.70. The summed E-state index contributed by atoms with van der Waals surface area (Å²) in [5.41, 5.74) is 0. The zero-order chi connectivity index (χ0) is 10.8. The summed E-state index contributed by atoms with van der Waals surface area (Å²) in [5.74, 6) is -0.0166. The summed E-state index contributed by atoms with van der Waals surface area (Å²) < 4.78 is 5.64. The molecule has 0 aliphatic carbocycles. The van der Waals surface area contributed by atoms with E-state index >= 15 is 0 Å². The molecule has 1 aromatic heterocycles. The van der Waals surface area contributed by atoms with Gasteiger partial charge >= 0.3 is 0 Å². The van der Waals surface area contributed by atoms with Gasteiger partial charge in [0.2, 0.25) is 0 Å². The molecule has 1 amide bonds. The monoisotopic (exact) mass is 265 g/mol. The maximum atomic E-state index is 11.9. The molecule has 0 saturated carbocycles. The Morgan fingerprint density at radius 3 is 2.60 bits per heavy atom. The summed E-state index contributed by atoms with van der Waals surface area (Å²) >= 11 is 12.8. The van der Waals surface area contributed by atoms with E-state index in [2.05, 4.69) is 0 Å². The van der Waals surface area contributed by atoms with Crippen molar-refractivity contribution in [2.75, 3.05) is 26.3 Å². The van der Waals surface area contributed by atoms with E-state index in [1.807, 2.05) is 0 Å². The van der Waals surface area contributed by atoms with Gasteiger partial charge < -0.3 is 9.64 Å². The Hall–Kier alpha value is -0.290. The standard InChI is InChI=1S/C9H9Cl2NO2S/c10-6-5-7(15-8(6)11)9(13)12-1-3-14-4-2-12/h5H,1-4H2. The molecule has 0 radical (unpaired) electrons. The maximum Gasteiger partial charge on any atom is 0.264 e. The van der Waals surface area contributed by atoms with Crippen LogP contribution in [0.25, 0.3) is 0 Å². The first-order valence-corrected chi connectivity index (χ1v) is 6.07. The first-order chi connectivity index (χ1) is 7.18. The first kappa shape index (κ1) is 11.2. The van der Waals surface area contributed by atoms with Gasteiger partial charge in [0.25, 0.3) is 5.91 Å². The number of nitrogens with zero attached hydrogens (tertiary/aromatic N) is 1. The molecule has 6 heteroatoms. The minimum absolute atomic E-state index is 0.0166. The van der Waals surface area contributed by atoms with E-state index in [1.54, 1.807) is 11.0 Å². The van der Waals surface area contributed by atoms with Gasteiger partial charge in [0.05, 0.1) is 23.1 Å². The Morgan fingerprint density at radius 2 is 2.07 bits per heavy atom. The number of ether oxygens (including phenoxy) is 1. The van der Waals surface area contributed by atoms with E-state index in [0.717, 1.165) is 0 Å². The van der Waals surface area contributed by atoms with E-state index in [0.29, 0.717) is 40.5 Å². The number of carbonyl (C=O) groups is 1. The van der Waals surface area contributed by atoms with E-state index < -0.39 is 0 Å². The molecule has 2 heterocycles. The summed E-state index contributed by atoms with van der Waals surface area (Å²) in [6, 6.07) is 1.62. The molecule has 15 heavy (non-hydrogen) atoms. The number of thiophene rings is 1. The summed E-state index contributed by atoms with van der Waals surface area (Å²) in [5, 5.41) is 0.443. The van der Waals surface area contributed by atoms with Crippen molar-refractivity contribution in [1.29, 1.82) is 0 Å². The third-order valence-electron chi connectivity index (χ3n) is 2.15. The van der Waals surface area contributed by atoms with Crippen LogP contribution < -0.4 is 0 Å². The molecule has 1 fully saturated rings. The molecule has 0 aromatic carbocycles. The molecule has 1 saturated heterocycles. The number of hydrogen-bond donors (Lipinski definition) is 0. The van der Waals surface area contributed by atoms with Gasteiger partial charge in [-0.05, 0) is 6.07 Å². The Labute approximate surface area is 102 Å². The number of carbonyl (C=O) groups excluding carboxylic acids is 1. The smallest absolute Gasteiger partial charge is 0.264 e. The topological polar surface area (TPSA) is 29.5 Å². The number of morpholine rings is 1. The van der Waals surface area contributed by atoms with Gasteiger partial charge in [-0.25, -0.2) is 0 Å². The van der Waals surface area contributed by atoms with Crippen molar-refractivity contribution in [3.05, 3.63) is 20.3 Å². The third kappa shape index (κ3) is 2.45. The van der Waals surface area contributed by atoms with Gasteiger partial charge in [-0.2, -0.15) is 0 Å². The van der Waals surface area contributed by atoms with Crippen LogP contribution in [0, 0.1) is 0 Å². The molecule has 1 aromatic rings. The summed E-state index contributed by atoms with van der Waals surface area (Å²) in [7, 11) is 0. The average Bonchev–Trinajstić information content (AvgIpc) is 2.59. The minimum atomic E-state index is -0.0166. The molecule has 0 spiro atoms. The van der Waals surface area contributed by atoms with Crippen LogP contribution in [0.1, 0.15) is 9.67 Å². The molecule has 0 bridgehead atoms. The second-order valence-electron chi connectivity index (χ2n) is 3.14. The van der Waals surface area contributed by atoms with E-state index in [-0.39, 0.29) is 5.91 Å². The minimum Gasteiger partial charge on any atom is -0.378 e. The van der Waals surface area contributed by atoms with Gasteiger partial charge in [-0.1, -0.05) is 23.2 Å². The van der Waals surface area contributed by atoms with Gasteiger partial charge in [0, 0.05) is 13.1 Å². The van der Waals surface area contributed by atoms with Crippen molar-refractivity contribution >= 4 is 40.4 Å². The molecule has 0 unspecified atom stereocenters. The van der Waals surface area contributed by atoms with Crippen LogP contribution in [0.3, 0.4) is 0 Å². The Balaban J connectivity index is 2.12. The molecular formula is C9H9Cl2NO2S. The van der Waals surface area contributed by atoms with Crippen LogP contribution in [0.5, 0.6) is 0 Å². The predicted octanol–water partition coefficient (Wildman–Crippen LogP) is 2.53. The molecular weight excluding hydrogens is 257 g/mol. The lowest BCUT2D eigenvalue weighted by molar-refractivity contribution is 0.0306. The van der Waals surface area contributed by atoms with Crippen molar-refractivity contribution in [3.63, 3.8) is 0 Å². The average molecular weight is 266 g/mol. The van der Waals surface area contributed by atoms with E-state index in [1.165, 1.54) is 11.3 Å². The molecule has 1 aliphatic rings. The summed E-state index contributed by atoms with van der Waals surface area (Å²) in [4.78, 5) is 14.3. The zero-order valence-electron chi connectivity index (χ0n) is 7.83. The van der Waals surface area contributed by atoms with Crippen LogP contribution in [0.2, 0.25) is 9.36 Å². The normalized spacial score (nSPS) is 16.8. The molecule has 82 valence electrons. The van der Waals surface area contributed by atoms with Gasteiger partial charge in [-0.15, -0.1) is 11.3 Å². The van der Waals surface area contributed by atoms with E-state index in [9.17, 15) is 4.79 Å². The highest BCUT2D eigenvalue weighted by Crippen LogP contribution is 2.32. The summed E-state index contributed by atoms with van der Waals surface area (Å²) in [6.45, 7) is 2.45.